The van der Waals surface area contributed by atoms with Crippen LogP contribution in [0.25, 0.3) is 0 Å². The van der Waals surface area contributed by atoms with Crippen molar-refractivity contribution in [1.29, 1.82) is 0 Å². The normalized spacial score (nSPS) is 9.83. The molecule has 1 aromatic rings. The van der Waals surface area contributed by atoms with Crippen LogP contribution >= 0.6 is 0 Å². The van der Waals surface area contributed by atoms with E-state index in [1.165, 1.54) is 6.07 Å². The summed E-state index contributed by atoms with van der Waals surface area (Å²) in [7, 11) is 0. The highest BCUT2D eigenvalue weighted by atomic mass is 16.6. The monoisotopic (exact) mass is 167 g/mol. The van der Waals surface area contributed by atoms with Gasteiger partial charge in [0.2, 0.25) is 0 Å². The molecule has 1 N–H and O–H groups in total. The Morgan fingerprint density at radius 2 is 2.00 bits per heavy atom. The van der Waals surface area contributed by atoms with E-state index in [1.807, 2.05) is 0 Å². The highest BCUT2D eigenvalue weighted by Gasteiger charge is 2.15. The van der Waals surface area contributed by atoms with Crippen molar-refractivity contribution in [2.75, 3.05) is 0 Å². The molecule has 12 heavy (non-hydrogen) atoms. The molecule has 0 amide bonds. The van der Waals surface area contributed by atoms with Gasteiger partial charge in [0.1, 0.15) is 0 Å². The third-order valence-corrected chi connectivity index (χ3v) is 1.88. The molecule has 0 aliphatic heterocycles. The Hall–Kier alpha value is -1.58. The van der Waals surface area contributed by atoms with Gasteiger partial charge in [-0.25, -0.2) is 0 Å². The second kappa shape index (κ2) is 2.81. The van der Waals surface area contributed by atoms with E-state index in [0.717, 1.165) is 5.56 Å². The molecule has 0 spiro atoms. The van der Waals surface area contributed by atoms with Gasteiger partial charge in [0, 0.05) is 11.6 Å². The zero-order valence-electron chi connectivity index (χ0n) is 6.87. The second-order valence-electron chi connectivity index (χ2n) is 2.63. The zero-order chi connectivity index (χ0) is 9.30. The maximum absolute atomic E-state index is 10.3. The molecule has 64 valence electrons. The number of nitro benzene ring substituents is 1. The number of nitro groups is 1. The van der Waals surface area contributed by atoms with Crippen LogP contribution < -0.4 is 0 Å². The van der Waals surface area contributed by atoms with E-state index in [1.54, 1.807) is 19.9 Å². The van der Waals surface area contributed by atoms with Crippen LogP contribution in [0, 0.1) is 24.0 Å². The minimum atomic E-state index is -0.595. The summed E-state index contributed by atoms with van der Waals surface area (Å²) < 4.78 is 0. The van der Waals surface area contributed by atoms with Gasteiger partial charge < -0.3 is 5.11 Å². The molecule has 0 atom stereocenters. The summed E-state index contributed by atoms with van der Waals surface area (Å²) in [6.45, 7) is 3.44. The maximum atomic E-state index is 10.3. The van der Waals surface area contributed by atoms with Gasteiger partial charge in [0.15, 0.2) is 5.75 Å². The molecule has 0 fully saturated rings. The van der Waals surface area contributed by atoms with Crippen LogP contribution in [0.3, 0.4) is 0 Å². The van der Waals surface area contributed by atoms with Gasteiger partial charge in [-0.15, -0.1) is 0 Å². The zero-order valence-corrected chi connectivity index (χ0v) is 6.87. The third-order valence-electron chi connectivity index (χ3n) is 1.88. The molecule has 0 saturated carbocycles. The average molecular weight is 167 g/mol. The summed E-state index contributed by atoms with van der Waals surface area (Å²) in [6, 6.07) is 2.92. The lowest BCUT2D eigenvalue weighted by Crippen LogP contribution is -1.91. The Balaban J connectivity index is 3.36. The van der Waals surface area contributed by atoms with Gasteiger partial charge in [-0.2, -0.15) is 0 Å². The minimum Gasteiger partial charge on any atom is -0.502 e. The summed E-state index contributed by atoms with van der Waals surface area (Å²) in [5, 5.41) is 19.6. The number of nitrogens with zero attached hydrogens (tertiary/aromatic N) is 1. The van der Waals surface area contributed by atoms with Gasteiger partial charge in [0.05, 0.1) is 4.92 Å². The molecule has 0 heterocycles. The number of aromatic hydroxyl groups is 1. The van der Waals surface area contributed by atoms with Crippen LogP contribution in [0.1, 0.15) is 11.1 Å². The quantitative estimate of drug-likeness (QED) is 0.513. The number of rotatable bonds is 1. The van der Waals surface area contributed by atoms with Crippen LogP contribution in [-0.2, 0) is 0 Å². The van der Waals surface area contributed by atoms with Crippen LogP contribution in [0.4, 0.5) is 5.69 Å². The average Bonchev–Trinajstić information content (AvgIpc) is 2.00. The van der Waals surface area contributed by atoms with E-state index in [0.29, 0.717) is 5.56 Å². The maximum Gasteiger partial charge on any atom is 0.310 e. The van der Waals surface area contributed by atoms with Crippen LogP contribution in [0.15, 0.2) is 12.1 Å². The van der Waals surface area contributed by atoms with Crippen molar-refractivity contribution in [2.24, 2.45) is 0 Å². The first-order chi connectivity index (χ1) is 5.54. The van der Waals surface area contributed by atoms with Gasteiger partial charge in [-0.05, 0) is 19.4 Å². The molecule has 0 aromatic heterocycles. The molecule has 4 nitrogen and oxygen atoms in total. The van der Waals surface area contributed by atoms with E-state index in [4.69, 9.17) is 0 Å². The minimum absolute atomic E-state index is 0.236. The van der Waals surface area contributed by atoms with E-state index in [-0.39, 0.29) is 11.4 Å². The van der Waals surface area contributed by atoms with Crippen molar-refractivity contribution < 1.29 is 10.0 Å². The van der Waals surface area contributed by atoms with Gasteiger partial charge in [-0.3, -0.25) is 10.1 Å². The molecule has 1 rings (SSSR count). The lowest BCUT2D eigenvalue weighted by Gasteiger charge is -2.02. The van der Waals surface area contributed by atoms with Gasteiger partial charge >= 0.3 is 5.69 Å². The Morgan fingerprint density at radius 3 is 2.50 bits per heavy atom. The number of hydrogen-bond acceptors (Lipinski definition) is 3. The molecular weight excluding hydrogens is 158 g/mol. The van der Waals surface area contributed by atoms with Crippen LogP contribution in [0.2, 0.25) is 0 Å². The summed E-state index contributed by atoms with van der Waals surface area (Å²) in [5.74, 6) is -0.236. The molecule has 0 aliphatic carbocycles. The largest absolute Gasteiger partial charge is 0.502 e. The topological polar surface area (TPSA) is 63.4 Å². The fraction of sp³-hybridized carbons (Fsp3) is 0.250. The summed E-state index contributed by atoms with van der Waals surface area (Å²) >= 11 is 0. The Kier molecular flexibility index (Phi) is 1.99. The molecule has 4 heteroatoms. The molecule has 1 aromatic carbocycles. The van der Waals surface area contributed by atoms with Gasteiger partial charge in [-0.1, -0.05) is 6.07 Å². The van der Waals surface area contributed by atoms with Crippen LogP contribution in [-0.4, -0.2) is 10.0 Å². The van der Waals surface area contributed by atoms with Crippen molar-refractivity contribution in [3.05, 3.63) is 33.4 Å². The fourth-order valence-corrected chi connectivity index (χ4v) is 0.934. The van der Waals surface area contributed by atoms with Crippen molar-refractivity contribution in [2.45, 2.75) is 13.8 Å². The fourth-order valence-electron chi connectivity index (χ4n) is 0.934. The Morgan fingerprint density at radius 1 is 1.42 bits per heavy atom. The highest BCUT2D eigenvalue weighted by Crippen LogP contribution is 2.30. The molecule has 0 saturated heterocycles. The van der Waals surface area contributed by atoms with Crippen molar-refractivity contribution in [3.63, 3.8) is 0 Å². The van der Waals surface area contributed by atoms with E-state index in [9.17, 15) is 15.2 Å². The standard InChI is InChI=1S/C8H9NO3/c1-5-3-4-7(9(11)12)8(10)6(5)2/h3-4,10H,1-2H3. The molecule has 0 aliphatic rings. The predicted molar refractivity (Wildman–Crippen MR) is 44.2 cm³/mol. The predicted octanol–water partition coefficient (Wildman–Crippen LogP) is 1.92. The Labute approximate surface area is 69.6 Å². The highest BCUT2D eigenvalue weighted by molar-refractivity contribution is 5.53. The van der Waals surface area contributed by atoms with Gasteiger partial charge in [0.25, 0.3) is 0 Å². The first-order valence-corrected chi connectivity index (χ1v) is 3.47. The van der Waals surface area contributed by atoms with Crippen LogP contribution in [0.5, 0.6) is 5.75 Å². The lowest BCUT2D eigenvalue weighted by molar-refractivity contribution is -0.385. The Bertz CT molecular complexity index is 333. The number of benzene rings is 1. The summed E-state index contributed by atoms with van der Waals surface area (Å²) in [4.78, 5) is 9.74. The number of hydrogen-bond donors (Lipinski definition) is 1. The SMILES string of the molecule is Cc1ccc([N+](=O)[O-])c(O)c1C. The first-order valence-electron chi connectivity index (χ1n) is 3.47. The summed E-state index contributed by atoms with van der Waals surface area (Å²) in [6.07, 6.45) is 0. The summed E-state index contributed by atoms with van der Waals surface area (Å²) in [5.41, 5.74) is 1.17. The number of phenolic OH excluding ortho intramolecular Hbond substituents is 1. The molecule has 0 radical (unpaired) electrons. The van der Waals surface area contributed by atoms with Crippen molar-refractivity contribution in [3.8, 4) is 5.75 Å². The molecular formula is C8H9NO3. The van der Waals surface area contributed by atoms with Crippen molar-refractivity contribution >= 4 is 5.69 Å². The smallest absolute Gasteiger partial charge is 0.310 e. The molecule has 0 bridgehead atoms. The second-order valence-corrected chi connectivity index (χ2v) is 2.63. The first kappa shape index (κ1) is 8.52. The van der Waals surface area contributed by atoms with E-state index in [2.05, 4.69) is 0 Å². The number of phenols is 1. The van der Waals surface area contributed by atoms with Crippen molar-refractivity contribution in [1.82, 2.24) is 0 Å². The van der Waals surface area contributed by atoms with E-state index >= 15 is 0 Å². The lowest BCUT2D eigenvalue weighted by atomic mass is 10.1. The number of aryl methyl sites for hydroxylation is 1. The molecule has 0 unspecified atom stereocenters. The third kappa shape index (κ3) is 1.23. The van der Waals surface area contributed by atoms with E-state index < -0.39 is 4.92 Å².